The average molecular weight is 168 g/mol. The monoisotopic (exact) mass is 168 g/mol. The average Bonchev–Trinajstić information content (AvgIpc) is 2.59. The second kappa shape index (κ2) is 2.89. The molecule has 2 heterocycles. The maximum absolute atomic E-state index is 2.34. The zero-order valence-corrected chi connectivity index (χ0v) is 8.02. The molecule has 0 spiro atoms. The van der Waals surface area contributed by atoms with Crippen molar-refractivity contribution in [2.24, 2.45) is 0 Å². The lowest BCUT2D eigenvalue weighted by Crippen LogP contribution is -2.22. The highest BCUT2D eigenvalue weighted by atomic mass is 32.1. The van der Waals surface area contributed by atoms with E-state index >= 15 is 0 Å². The quantitative estimate of drug-likeness (QED) is 0.563. The molecule has 1 aliphatic heterocycles. The largest absolute Gasteiger partial charge is 0.154 e. The van der Waals surface area contributed by atoms with Gasteiger partial charge >= 0.3 is 0 Å². The summed E-state index contributed by atoms with van der Waals surface area (Å²) in [6, 6.07) is 7.68. The van der Waals surface area contributed by atoms with Crippen LogP contribution in [-0.2, 0) is 0 Å². The van der Waals surface area contributed by atoms with Crippen LogP contribution in [0.4, 0.5) is 0 Å². The first-order chi connectivity index (χ1) is 4.97. The van der Waals surface area contributed by atoms with Crippen LogP contribution >= 0.6 is 11.3 Å². The molecule has 0 N–H and O–H groups in total. The van der Waals surface area contributed by atoms with Crippen molar-refractivity contribution in [1.29, 1.82) is 0 Å². The Morgan fingerprint density at radius 1 is 1.30 bits per heavy atom. The Morgan fingerprint density at radius 3 is 2.70 bits per heavy atom. The van der Waals surface area contributed by atoms with Crippen molar-refractivity contribution in [3.63, 3.8) is 0 Å². The molecule has 1 aromatic heterocycles. The summed E-state index contributed by atoms with van der Waals surface area (Å²) in [5.74, 6) is 0. The van der Waals surface area contributed by atoms with E-state index in [4.69, 9.17) is 0 Å². The van der Waals surface area contributed by atoms with Crippen molar-refractivity contribution in [2.45, 2.75) is 24.9 Å². The predicted molar refractivity (Wildman–Crippen MR) is 50.0 cm³/mol. The Bertz CT molecular complexity index is 187. The van der Waals surface area contributed by atoms with Gasteiger partial charge in [-0.3, -0.25) is 0 Å². The molecule has 0 atom stereocenters. The SMILES string of the molecule is c1csc([SiH]2CCCC2)c1. The van der Waals surface area contributed by atoms with E-state index in [-0.39, 0.29) is 8.80 Å². The molecule has 1 saturated heterocycles. The first-order valence-electron chi connectivity index (χ1n) is 4.00. The highest BCUT2D eigenvalue weighted by molar-refractivity contribution is 7.22. The molecule has 1 aliphatic rings. The van der Waals surface area contributed by atoms with E-state index in [1.807, 2.05) is 11.3 Å². The van der Waals surface area contributed by atoms with Crippen molar-refractivity contribution in [2.75, 3.05) is 0 Å². The molecule has 54 valence electrons. The van der Waals surface area contributed by atoms with Crippen molar-refractivity contribution < 1.29 is 0 Å². The molecule has 0 bridgehead atoms. The summed E-state index contributed by atoms with van der Waals surface area (Å²) in [6.07, 6.45) is 3.02. The molecule has 0 radical (unpaired) electrons. The molecule has 0 nitrogen and oxygen atoms in total. The lowest BCUT2D eigenvalue weighted by Gasteiger charge is -2.00. The first kappa shape index (κ1) is 6.62. The summed E-state index contributed by atoms with van der Waals surface area (Å²) in [5, 5.41) is 2.22. The normalized spacial score (nSPS) is 20.0. The van der Waals surface area contributed by atoms with Gasteiger partial charge in [0.25, 0.3) is 0 Å². The third-order valence-electron chi connectivity index (χ3n) is 2.30. The van der Waals surface area contributed by atoms with Crippen LogP contribution in [0.3, 0.4) is 0 Å². The van der Waals surface area contributed by atoms with Gasteiger partial charge in [-0.2, -0.15) is 11.3 Å². The number of hydrogen-bond donors (Lipinski definition) is 0. The van der Waals surface area contributed by atoms with Gasteiger partial charge in [0.15, 0.2) is 0 Å². The Kier molecular flexibility index (Phi) is 1.91. The van der Waals surface area contributed by atoms with Crippen molar-refractivity contribution >= 4 is 24.6 Å². The summed E-state index contributed by atoms with van der Waals surface area (Å²) in [7, 11) is -0.372. The highest BCUT2D eigenvalue weighted by Crippen LogP contribution is 2.20. The topological polar surface area (TPSA) is 0 Å². The van der Waals surface area contributed by atoms with Crippen LogP contribution in [0.5, 0.6) is 0 Å². The minimum Gasteiger partial charge on any atom is -0.154 e. The molecule has 0 aliphatic carbocycles. The van der Waals surface area contributed by atoms with E-state index in [2.05, 4.69) is 17.5 Å². The first-order valence-corrected chi connectivity index (χ1v) is 7.09. The number of rotatable bonds is 1. The van der Waals surface area contributed by atoms with Crippen LogP contribution in [0.2, 0.25) is 12.1 Å². The van der Waals surface area contributed by atoms with Crippen LogP contribution in [0.15, 0.2) is 17.5 Å². The maximum atomic E-state index is 2.34. The van der Waals surface area contributed by atoms with Gasteiger partial charge in [0.05, 0.1) is 8.80 Å². The van der Waals surface area contributed by atoms with E-state index < -0.39 is 0 Å². The van der Waals surface area contributed by atoms with Gasteiger partial charge < -0.3 is 0 Å². The molecule has 0 amide bonds. The zero-order chi connectivity index (χ0) is 6.81. The maximum Gasteiger partial charge on any atom is 0.0836 e. The van der Waals surface area contributed by atoms with Gasteiger partial charge in [0.1, 0.15) is 0 Å². The molecular formula is C8H12SSi. The summed E-state index contributed by atoms with van der Waals surface area (Å²) in [5.41, 5.74) is 0. The Hall–Kier alpha value is -0.0831. The van der Waals surface area contributed by atoms with Gasteiger partial charge in [-0.05, 0) is 9.88 Å². The fourth-order valence-electron chi connectivity index (χ4n) is 1.73. The van der Waals surface area contributed by atoms with Crippen molar-refractivity contribution in [1.82, 2.24) is 0 Å². The van der Waals surface area contributed by atoms with E-state index in [9.17, 15) is 0 Å². The summed E-state index contributed by atoms with van der Waals surface area (Å²) in [6.45, 7) is 0. The zero-order valence-electron chi connectivity index (χ0n) is 6.05. The van der Waals surface area contributed by atoms with Crippen LogP contribution < -0.4 is 4.50 Å². The summed E-state index contributed by atoms with van der Waals surface area (Å²) < 4.78 is 1.75. The lowest BCUT2D eigenvalue weighted by molar-refractivity contribution is 0.935. The van der Waals surface area contributed by atoms with Crippen LogP contribution in [-0.4, -0.2) is 8.80 Å². The number of thiophene rings is 1. The standard InChI is InChI=1S/C8H12SSi/c1-2-7-10(6-1)8-4-3-5-9-8/h3-5,10H,1-2,6-7H2. The van der Waals surface area contributed by atoms with Crippen molar-refractivity contribution in [3.05, 3.63) is 17.5 Å². The molecular weight excluding hydrogens is 156 g/mol. The van der Waals surface area contributed by atoms with Crippen LogP contribution in [0.25, 0.3) is 0 Å². The molecule has 0 unspecified atom stereocenters. The lowest BCUT2D eigenvalue weighted by atomic mass is 10.4. The Balaban J connectivity index is 2.12. The predicted octanol–water partition coefficient (Wildman–Crippen LogP) is 1.98. The molecule has 10 heavy (non-hydrogen) atoms. The summed E-state index contributed by atoms with van der Waals surface area (Å²) in [4.78, 5) is 0. The minimum absolute atomic E-state index is 0.372. The van der Waals surface area contributed by atoms with E-state index in [1.54, 1.807) is 16.6 Å². The molecule has 0 saturated carbocycles. The Morgan fingerprint density at radius 2 is 2.10 bits per heavy atom. The summed E-state index contributed by atoms with van der Waals surface area (Å²) >= 11 is 1.98. The van der Waals surface area contributed by atoms with Gasteiger partial charge in [-0.1, -0.05) is 37.1 Å². The third kappa shape index (κ3) is 1.18. The molecule has 1 aromatic rings. The van der Waals surface area contributed by atoms with E-state index in [0.29, 0.717) is 0 Å². The fourth-order valence-corrected chi connectivity index (χ4v) is 6.72. The van der Waals surface area contributed by atoms with Crippen LogP contribution in [0, 0.1) is 0 Å². The van der Waals surface area contributed by atoms with Gasteiger partial charge in [0.2, 0.25) is 0 Å². The fraction of sp³-hybridized carbons (Fsp3) is 0.500. The van der Waals surface area contributed by atoms with Gasteiger partial charge in [0, 0.05) is 0 Å². The second-order valence-corrected chi connectivity index (χ2v) is 7.57. The van der Waals surface area contributed by atoms with E-state index in [0.717, 1.165) is 0 Å². The number of hydrogen-bond acceptors (Lipinski definition) is 1. The third-order valence-corrected chi connectivity index (χ3v) is 7.62. The van der Waals surface area contributed by atoms with E-state index in [1.165, 1.54) is 12.8 Å². The van der Waals surface area contributed by atoms with Gasteiger partial charge in [-0.25, -0.2) is 0 Å². The smallest absolute Gasteiger partial charge is 0.0836 e. The molecule has 0 aromatic carbocycles. The highest BCUT2D eigenvalue weighted by Gasteiger charge is 2.18. The second-order valence-electron chi connectivity index (χ2n) is 3.00. The molecule has 1 fully saturated rings. The van der Waals surface area contributed by atoms with Crippen LogP contribution in [0.1, 0.15) is 12.8 Å². The molecule has 2 rings (SSSR count). The Labute approximate surface area is 67.5 Å². The molecule has 2 heteroatoms. The van der Waals surface area contributed by atoms with Crippen molar-refractivity contribution in [3.8, 4) is 0 Å². The minimum atomic E-state index is -0.372. The van der Waals surface area contributed by atoms with Gasteiger partial charge in [-0.15, -0.1) is 0 Å².